The first-order chi connectivity index (χ1) is 15.2. The molecule has 0 aliphatic rings. The van der Waals surface area contributed by atoms with Gasteiger partial charge in [0, 0.05) is 48.0 Å². The third-order valence-corrected chi connectivity index (χ3v) is 6.79. The number of aromatic nitrogens is 2. The highest BCUT2D eigenvalue weighted by Gasteiger charge is 2.22. The van der Waals surface area contributed by atoms with E-state index >= 15 is 0 Å². The molecule has 0 saturated carbocycles. The number of pyridine rings is 1. The maximum atomic E-state index is 12.3. The number of hydrogen-bond donors (Lipinski definition) is 1. The fraction of sp³-hybridized carbons (Fsp3) is 0.167. The van der Waals surface area contributed by atoms with Crippen molar-refractivity contribution in [3.8, 4) is 11.3 Å². The second kappa shape index (κ2) is 8.12. The van der Waals surface area contributed by atoms with E-state index in [1.807, 2.05) is 61.0 Å². The van der Waals surface area contributed by atoms with Gasteiger partial charge in [-0.15, -0.1) is 0 Å². The molecule has 164 valence electrons. The molecule has 0 aliphatic heterocycles. The monoisotopic (exact) mass is 448 g/mol. The predicted molar refractivity (Wildman–Crippen MR) is 126 cm³/mol. The lowest BCUT2D eigenvalue weighted by Gasteiger charge is -2.28. The van der Waals surface area contributed by atoms with Crippen molar-refractivity contribution in [1.82, 2.24) is 9.55 Å². The number of fused-ring (bicyclic) bond motifs is 1. The van der Waals surface area contributed by atoms with Gasteiger partial charge in [0.1, 0.15) is 0 Å². The maximum Gasteiger partial charge on any atom is 0.319 e. The van der Waals surface area contributed by atoms with Crippen LogP contribution in [0.1, 0.15) is 18.5 Å². The average Bonchev–Trinajstić information content (AvgIpc) is 3.09. The minimum absolute atomic E-state index is 0.270. The van der Waals surface area contributed by atoms with E-state index in [1.165, 1.54) is 6.26 Å². The molecule has 32 heavy (non-hydrogen) atoms. The van der Waals surface area contributed by atoms with Crippen LogP contribution in [0.3, 0.4) is 0 Å². The number of sulfone groups is 1. The average molecular weight is 449 g/mol. The molecule has 0 fully saturated rings. The number of rotatable bonds is 5. The number of benzene rings is 2. The van der Waals surface area contributed by atoms with Crippen molar-refractivity contribution in [3.63, 3.8) is 0 Å². The van der Waals surface area contributed by atoms with Crippen LogP contribution in [0.2, 0.25) is 0 Å². The molecule has 7 nitrogen and oxygen atoms in total. The highest BCUT2D eigenvalue weighted by Crippen LogP contribution is 2.33. The summed E-state index contributed by atoms with van der Waals surface area (Å²) in [7, 11) is -1.38. The van der Waals surface area contributed by atoms with E-state index < -0.39 is 15.9 Å². The predicted octanol–water partition coefficient (Wildman–Crippen LogP) is 4.29. The van der Waals surface area contributed by atoms with Crippen molar-refractivity contribution in [3.05, 3.63) is 78.6 Å². The van der Waals surface area contributed by atoms with Gasteiger partial charge in [0.2, 0.25) is 0 Å². The van der Waals surface area contributed by atoms with Gasteiger partial charge in [0.05, 0.1) is 10.9 Å². The highest BCUT2D eigenvalue weighted by molar-refractivity contribution is 7.90. The summed E-state index contributed by atoms with van der Waals surface area (Å²) in [6.07, 6.45) is 4.56. The number of nitrogens with two attached hydrogens (primary N) is 1. The lowest BCUT2D eigenvalue weighted by Crippen LogP contribution is -2.37. The SMILES string of the molecule is CC(c1ccncc1)N(C(N)=O)c1ccc2c(c1)cc(-c1cccc(S(C)(=O)=O)c1)n2C. The van der Waals surface area contributed by atoms with Gasteiger partial charge in [-0.2, -0.15) is 0 Å². The molecule has 4 rings (SSSR count). The topological polar surface area (TPSA) is 98.3 Å². The number of carbonyl (C=O) groups is 1. The zero-order valence-electron chi connectivity index (χ0n) is 18.1. The number of amides is 2. The fourth-order valence-electron chi connectivity index (χ4n) is 3.98. The van der Waals surface area contributed by atoms with Crippen LogP contribution < -0.4 is 10.6 Å². The number of aryl methyl sites for hydroxylation is 1. The van der Waals surface area contributed by atoms with Gasteiger partial charge in [-0.1, -0.05) is 12.1 Å². The van der Waals surface area contributed by atoms with Gasteiger partial charge < -0.3 is 10.3 Å². The lowest BCUT2D eigenvalue weighted by molar-refractivity contribution is 0.252. The van der Waals surface area contributed by atoms with E-state index in [9.17, 15) is 13.2 Å². The minimum Gasteiger partial charge on any atom is -0.351 e. The Morgan fingerprint density at radius 3 is 2.44 bits per heavy atom. The standard InChI is InChI=1S/C24H24N4O3S/c1-16(17-9-11-26-12-10-17)28(24(25)29)20-7-8-22-19(13-20)15-23(27(22)2)18-5-4-6-21(14-18)32(3,30)31/h4-16H,1-3H3,(H2,25,29). The molecule has 0 spiro atoms. The lowest BCUT2D eigenvalue weighted by atomic mass is 10.1. The molecule has 8 heteroatoms. The molecular formula is C24H24N4O3S. The molecule has 2 amide bonds. The largest absolute Gasteiger partial charge is 0.351 e. The second-order valence-corrected chi connectivity index (χ2v) is 9.81. The van der Waals surface area contributed by atoms with Gasteiger partial charge in [-0.3, -0.25) is 9.88 Å². The first kappa shape index (κ1) is 21.6. The normalized spacial score (nSPS) is 12.6. The van der Waals surface area contributed by atoms with Crippen LogP contribution >= 0.6 is 0 Å². The second-order valence-electron chi connectivity index (χ2n) is 7.80. The van der Waals surface area contributed by atoms with Crippen LogP contribution in [0.25, 0.3) is 22.2 Å². The van der Waals surface area contributed by atoms with E-state index in [-0.39, 0.29) is 10.9 Å². The minimum atomic E-state index is -3.31. The molecule has 4 aromatic rings. The van der Waals surface area contributed by atoms with E-state index in [4.69, 9.17) is 5.73 Å². The van der Waals surface area contributed by atoms with Crippen molar-refractivity contribution in [2.45, 2.75) is 17.9 Å². The molecule has 0 saturated heterocycles. The number of anilines is 1. The van der Waals surface area contributed by atoms with Crippen LogP contribution in [0.15, 0.2) is 78.0 Å². The van der Waals surface area contributed by atoms with Crippen LogP contribution in [-0.4, -0.2) is 30.3 Å². The molecule has 2 aromatic carbocycles. The molecular weight excluding hydrogens is 424 g/mol. The van der Waals surface area contributed by atoms with Crippen molar-refractivity contribution >= 4 is 32.5 Å². The van der Waals surface area contributed by atoms with Gasteiger partial charge in [-0.05, 0) is 66.6 Å². The van der Waals surface area contributed by atoms with Crippen LogP contribution in [0.4, 0.5) is 10.5 Å². The van der Waals surface area contributed by atoms with Crippen molar-refractivity contribution in [2.24, 2.45) is 12.8 Å². The quantitative estimate of drug-likeness (QED) is 0.492. The van der Waals surface area contributed by atoms with Gasteiger partial charge in [0.25, 0.3) is 0 Å². The smallest absolute Gasteiger partial charge is 0.319 e. The Morgan fingerprint density at radius 2 is 1.78 bits per heavy atom. The molecule has 2 aromatic heterocycles. The molecule has 0 bridgehead atoms. The third kappa shape index (κ3) is 3.97. The molecule has 0 radical (unpaired) electrons. The summed E-state index contributed by atoms with van der Waals surface area (Å²) in [6, 6.07) is 17.5. The Bertz CT molecular complexity index is 1410. The van der Waals surface area contributed by atoms with Crippen LogP contribution in [0, 0.1) is 0 Å². The number of hydrogen-bond acceptors (Lipinski definition) is 4. The molecule has 1 unspecified atom stereocenters. The summed E-state index contributed by atoms with van der Waals surface area (Å²) in [5.41, 5.74) is 9.96. The Morgan fingerprint density at radius 1 is 1.06 bits per heavy atom. The molecule has 1 atom stereocenters. The first-order valence-corrected chi connectivity index (χ1v) is 11.9. The number of carbonyl (C=O) groups excluding carboxylic acids is 1. The van der Waals surface area contributed by atoms with Gasteiger partial charge >= 0.3 is 6.03 Å². The molecule has 2 heterocycles. The third-order valence-electron chi connectivity index (χ3n) is 5.68. The molecule has 2 N–H and O–H groups in total. The highest BCUT2D eigenvalue weighted by atomic mass is 32.2. The summed E-state index contributed by atoms with van der Waals surface area (Å²) in [4.78, 5) is 18.2. The van der Waals surface area contributed by atoms with E-state index in [0.717, 1.165) is 27.7 Å². The van der Waals surface area contributed by atoms with Crippen LogP contribution in [-0.2, 0) is 16.9 Å². The summed E-state index contributed by atoms with van der Waals surface area (Å²) in [5.74, 6) is 0. The summed E-state index contributed by atoms with van der Waals surface area (Å²) in [6.45, 7) is 1.91. The first-order valence-electron chi connectivity index (χ1n) is 10.1. The number of urea groups is 1. The van der Waals surface area contributed by atoms with Crippen molar-refractivity contribution in [2.75, 3.05) is 11.2 Å². The van der Waals surface area contributed by atoms with E-state index in [1.54, 1.807) is 35.5 Å². The zero-order valence-corrected chi connectivity index (χ0v) is 18.9. The molecule has 0 aliphatic carbocycles. The van der Waals surface area contributed by atoms with Gasteiger partial charge in [0.15, 0.2) is 9.84 Å². The Hall–Kier alpha value is -3.65. The summed E-state index contributed by atoms with van der Waals surface area (Å²) >= 11 is 0. The Labute approximate surface area is 187 Å². The fourth-order valence-corrected chi connectivity index (χ4v) is 4.65. The maximum absolute atomic E-state index is 12.3. The van der Waals surface area contributed by atoms with E-state index in [2.05, 4.69) is 4.98 Å². The number of primary amides is 1. The van der Waals surface area contributed by atoms with Crippen LogP contribution in [0.5, 0.6) is 0 Å². The summed E-state index contributed by atoms with van der Waals surface area (Å²) in [5, 5.41) is 0.915. The summed E-state index contributed by atoms with van der Waals surface area (Å²) < 4.78 is 26.0. The van der Waals surface area contributed by atoms with Crippen molar-refractivity contribution < 1.29 is 13.2 Å². The number of nitrogens with zero attached hydrogens (tertiary/aromatic N) is 3. The Balaban J connectivity index is 1.79. The zero-order chi connectivity index (χ0) is 23.0. The van der Waals surface area contributed by atoms with Crippen molar-refractivity contribution in [1.29, 1.82) is 0 Å². The van der Waals surface area contributed by atoms with E-state index in [0.29, 0.717) is 5.69 Å². The Kier molecular flexibility index (Phi) is 5.48. The van der Waals surface area contributed by atoms with Gasteiger partial charge in [-0.25, -0.2) is 13.2 Å².